The number of hydrogen-bond donors (Lipinski definition) is 1. The van der Waals surface area contributed by atoms with Crippen LogP contribution in [0.25, 0.3) is 0 Å². The normalized spacial score (nSPS) is 31.0. The Balaban J connectivity index is 2.05. The summed E-state index contributed by atoms with van der Waals surface area (Å²) in [6.45, 7) is 10.1. The van der Waals surface area contributed by atoms with E-state index in [1.807, 2.05) is 0 Å². The van der Waals surface area contributed by atoms with Gasteiger partial charge in [-0.2, -0.15) is 5.26 Å². The van der Waals surface area contributed by atoms with Crippen molar-refractivity contribution < 1.29 is 0 Å². The van der Waals surface area contributed by atoms with Crippen molar-refractivity contribution in [2.24, 2.45) is 5.92 Å². The zero-order valence-corrected chi connectivity index (χ0v) is 13.7. The molecule has 2 saturated carbocycles. The molecule has 2 unspecified atom stereocenters. The van der Waals surface area contributed by atoms with E-state index in [9.17, 15) is 5.26 Å². The van der Waals surface area contributed by atoms with E-state index in [1.165, 1.54) is 32.2 Å². The van der Waals surface area contributed by atoms with Crippen LogP contribution in [0.1, 0.15) is 66.2 Å². The third-order valence-corrected chi connectivity index (χ3v) is 4.56. The topological polar surface area (TPSA) is 39.1 Å². The van der Waals surface area contributed by atoms with Gasteiger partial charge in [-0.05, 0) is 58.3 Å². The summed E-state index contributed by atoms with van der Waals surface area (Å²) in [6, 6.07) is 4.39. The van der Waals surface area contributed by atoms with Gasteiger partial charge in [0.25, 0.3) is 0 Å². The van der Waals surface area contributed by atoms with Gasteiger partial charge in [-0.3, -0.25) is 10.2 Å². The van der Waals surface area contributed by atoms with Crippen LogP contribution >= 0.6 is 0 Å². The van der Waals surface area contributed by atoms with Gasteiger partial charge in [-0.25, -0.2) is 0 Å². The second-order valence-corrected chi connectivity index (χ2v) is 7.56. The average molecular weight is 277 g/mol. The lowest BCUT2D eigenvalue weighted by atomic mass is 9.78. The van der Waals surface area contributed by atoms with E-state index in [2.05, 4.69) is 44.0 Å². The minimum Gasteiger partial charge on any atom is -0.297 e. The molecular formula is C17H31N3. The monoisotopic (exact) mass is 277 g/mol. The molecule has 3 nitrogen and oxygen atoms in total. The summed E-state index contributed by atoms with van der Waals surface area (Å²) in [5.41, 5.74) is -0.290. The van der Waals surface area contributed by atoms with Crippen LogP contribution in [0.4, 0.5) is 0 Å². The smallest absolute Gasteiger partial charge is 0.108 e. The zero-order chi connectivity index (χ0) is 14.8. The van der Waals surface area contributed by atoms with Crippen molar-refractivity contribution in [3.05, 3.63) is 0 Å². The summed E-state index contributed by atoms with van der Waals surface area (Å²) in [7, 11) is 0. The number of nitriles is 1. The van der Waals surface area contributed by atoms with E-state index in [0.717, 1.165) is 18.9 Å². The number of rotatable bonds is 6. The van der Waals surface area contributed by atoms with Crippen molar-refractivity contribution in [2.45, 2.75) is 89.9 Å². The minimum absolute atomic E-state index is 0.290. The summed E-state index contributed by atoms with van der Waals surface area (Å²) in [6.07, 6.45) is 7.19. The lowest BCUT2D eigenvalue weighted by Crippen LogP contribution is -2.55. The third-order valence-electron chi connectivity index (χ3n) is 4.56. The molecule has 0 aromatic rings. The highest BCUT2D eigenvalue weighted by molar-refractivity contribution is 5.12. The highest BCUT2D eigenvalue weighted by atomic mass is 15.2. The van der Waals surface area contributed by atoms with Gasteiger partial charge in [0, 0.05) is 24.7 Å². The molecule has 2 rings (SSSR count). The molecule has 0 spiro atoms. The lowest BCUT2D eigenvalue weighted by Gasteiger charge is -2.43. The maximum atomic E-state index is 9.70. The Morgan fingerprint density at radius 1 is 1.20 bits per heavy atom. The van der Waals surface area contributed by atoms with Gasteiger partial charge in [0.2, 0.25) is 0 Å². The summed E-state index contributed by atoms with van der Waals surface area (Å²) in [5, 5.41) is 13.2. The maximum Gasteiger partial charge on any atom is 0.108 e. The van der Waals surface area contributed by atoms with Crippen molar-refractivity contribution in [3.63, 3.8) is 0 Å². The second kappa shape index (κ2) is 6.45. The molecule has 3 heteroatoms. The van der Waals surface area contributed by atoms with Gasteiger partial charge in [0.05, 0.1) is 6.07 Å². The molecule has 0 aromatic heterocycles. The molecule has 114 valence electrons. The van der Waals surface area contributed by atoms with Gasteiger partial charge in [-0.15, -0.1) is 0 Å². The summed E-state index contributed by atoms with van der Waals surface area (Å²) in [4.78, 5) is 2.72. The maximum absolute atomic E-state index is 9.70. The first kappa shape index (κ1) is 15.8. The Bertz CT molecular complexity index is 354. The Morgan fingerprint density at radius 2 is 1.90 bits per heavy atom. The van der Waals surface area contributed by atoms with Gasteiger partial charge >= 0.3 is 0 Å². The fourth-order valence-corrected chi connectivity index (χ4v) is 3.77. The van der Waals surface area contributed by atoms with Gasteiger partial charge in [0.1, 0.15) is 5.54 Å². The van der Waals surface area contributed by atoms with Crippen molar-refractivity contribution >= 4 is 0 Å². The molecule has 1 N–H and O–H groups in total. The second-order valence-electron chi connectivity index (χ2n) is 7.56. The predicted octanol–water partition coefficient (Wildman–Crippen LogP) is 3.31. The first-order valence-corrected chi connectivity index (χ1v) is 8.40. The minimum atomic E-state index is -0.290. The molecule has 0 aliphatic heterocycles. The molecular weight excluding hydrogens is 246 g/mol. The SMILES string of the molecule is CC(C)CN(C1CC1)C1CCCC(C#N)(NC(C)C)C1. The standard InChI is InChI=1S/C17H31N3/c1-13(2)11-20(15-7-8-15)16-6-5-9-17(10-16,12-18)19-14(3)4/h13-16,19H,5-11H2,1-4H3. The molecule has 0 saturated heterocycles. The first-order chi connectivity index (χ1) is 9.46. The highest BCUT2D eigenvalue weighted by Gasteiger charge is 2.42. The predicted molar refractivity (Wildman–Crippen MR) is 83.4 cm³/mol. The molecule has 0 bridgehead atoms. The fraction of sp³-hybridized carbons (Fsp3) is 0.941. The van der Waals surface area contributed by atoms with Crippen LogP contribution in [0, 0.1) is 17.2 Å². The van der Waals surface area contributed by atoms with Crippen molar-refractivity contribution in [3.8, 4) is 6.07 Å². The summed E-state index contributed by atoms with van der Waals surface area (Å²) >= 11 is 0. The Kier molecular flexibility index (Phi) is 5.09. The molecule has 0 radical (unpaired) electrons. The van der Waals surface area contributed by atoms with Crippen molar-refractivity contribution in [1.29, 1.82) is 5.26 Å². The quantitative estimate of drug-likeness (QED) is 0.809. The molecule has 20 heavy (non-hydrogen) atoms. The zero-order valence-electron chi connectivity index (χ0n) is 13.7. The van der Waals surface area contributed by atoms with Gasteiger partial charge in [-0.1, -0.05) is 13.8 Å². The van der Waals surface area contributed by atoms with E-state index in [-0.39, 0.29) is 5.54 Å². The molecule has 2 atom stereocenters. The summed E-state index contributed by atoms with van der Waals surface area (Å²) < 4.78 is 0. The molecule has 2 fully saturated rings. The van der Waals surface area contributed by atoms with Crippen LogP contribution in [0.15, 0.2) is 0 Å². The molecule has 0 amide bonds. The van der Waals surface area contributed by atoms with Gasteiger partial charge < -0.3 is 0 Å². The first-order valence-electron chi connectivity index (χ1n) is 8.40. The largest absolute Gasteiger partial charge is 0.297 e. The van der Waals surface area contributed by atoms with Gasteiger partial charge in [0.15, 0.2) is 0 Å². The van der Waals surface area contributed by atoms with Crippen molar-refractivity contribution in [1.82, 2.24) is 10.2 Å². The van der Waals surface area contributed by atoms with E-state index in [4.69, 9.17) is 0 Å². The van der Waals surface area contributed by atoms with E-state index >= 15 is 0 Å². The van der Waals surface area contributed by atoms with E-state index < -0.39 is 0 Å². The molecule has 2 aliphatic rings. The Morgan fingerprint density at radius 3 is 2.40 bits per heavy atom. The van der Waals surface area contributed by atoms with Crippen LogP contribution in [-0.4, -0.2) is 35.1 Å². The molecule has 0 aromatic carbocycles. The number of hydrogen-bond acceptors (Lipinski definition) is 3. The van der Waals surface area contributed by atoms with Crippen LogP contribution in [-0.2, 0) is 0 Å². The van der Waals surface area contributed by atoms with Crippen LogP contribution in [0.2, 0.25) is 0 Å². The Hall–Kier alpha value is -0.590. The number of nitrogens with one attached hydrogen (secondary N) is 1. The highest BCUT2D eigenvalue weighted by Crippen LogP contribution is 2.37. The van der Waals surface area contributed by atoms with Crippen LogP contribution < -0.4 is 5.32 Å². The van der Waals surface area contributed by atoms with E-state index in [1.54, 1.807) is 0 Å². The van der Waals surface area contributed by atoms with Crippen molar-refractivity contribution in [2.75, 3.05) is 6.54 Å². The third kappa shape index (κ3) is 3.96. The Labute approximate surface area is 124 Å². The van der Waals surface area contributed by atoms with E-state index in [0.29, 0.717) is 18.0 Å². The molecule has 0 heterocycles. The summed E-state index contributed by atoms with van der Waals surface area (Å²) in [5.74, 6) is 0.715. The van der Waals surface area contributed by atoms with Crippen LogP contribution in [0.3, 0.4) is 0 Å². The fourth-order valence-electron chi connectivity index (χ4n) is 3.77. The number of nitrogens with zero attached hydrogens (tertiary/aromatic N) is 2. The average Bonchev–Trinajstić information content (AvgIpc) is 3.19. The molecule has 2 aliphatic carbocycles. The lowest BCUT2D eigenvalue weighted by molar-refractivity contribution is 0.0979. The van der Waals surface area contributed by atoms with Crippen LogP contribution in [0.5, 0.6) is 0 Å².